The van der Waals surface area contributed by atoms with Crippen LogP contribution < -0.4 is 5.32 Å². The maximum atomic E-state index is 14.4. The lowest BCUT2D eigenvalue weighted by molar-refractivity contribution is -0.138. The molecule has 3 aromatic rings. The minimum absolute atomic E-state index is 0.154. The number of hydrogen-bond donors (Lipinski definition) is 1. The maximum absolute atomic E-state index is 14.4. The highest BCUT2D eigenvalue weighted by Gasteiger charge is 2.46. The summed E-state index contributed by atoms with van der Waals surface area (Å²) in [7, 11) is 0. The summed E-state index contributed by atoms with van der Waals surface area (Å²) in [5.74, 6) is -7.08. The third-order valence-corrected chi connectivity index (χ3v) is 5.48. The predicted molar refractivity (Wildman–Crippen MR) is 119 cm³/mol. The molecule has 1 amide bonds. The van der Waals surface area contributed by atoms with Gasteiger partial charge in [0, 0.05) is 16.8 Å². The third-order valence-electron chi connectivity index (χ3n) is 5.48. The van der Waals surface area contributed by atoms with E-state index >= 15 is 0 Å². The summed E-state index contributed by atoms with van der Waals surface area (Å²) in [6.45, 7) is 1.35. The molecule has 0 aliphatic carbocycles. The van der Waals surface area contributed by atoms with Crippen molar-refractivity contribution in [1.82, 2.24) is 0 Å². The number of halogens is 1. The lowest BCUT2D eigenvalue weighted by atomic mass is 9.84. The van der Waals surface area contributed by atoms with Crippen molar-refractivity contribution in [3.05, 3.63) is 101 Å². The highest BCUT2D eigenvalue weighted by atomic mass is 19.1. The van der Waals surface area contributed by atoms with E-state index in [9.17, 15) is 28.4 Å². The van der Waals surface area contributed by atoms with Gasteiger partial charge < -0.3 is 10.1 Å². The summed E-state index contributed by atoms with van der Waals surface area (Å²) in [6, 6.07) is 17.1. The summed E-state index contributed by atoms with van der Waals surface area (Å²) < 4.78 is 19.7. The molecule has 3 aromatic carbocycles. The molecule has 1 aliphatic rings. The van der Waals surface area contributed by atoms with Gasteiger partial charge in [-0.15, -0.1) is 0 Å². The number of nitrogens with one attached hydrogen (secondary N) is 1. The zero-order chi connectivity index (χ0) is 24.4. The molecule has 0 saturated heterocycles. The largest absolute Gasteiger partial charge is 0.453 e. The topological polar surface area (TPSA) is 107 Å². The standard InChI is InChI=1S/C26H18FNO6/c1-14(29)15-7-6-8-16(13-15)28-25(32)23(31)21(22(30)19-11-4-5-12-20(19)27)24-17-9-2-3-10-18(17)26(33)34-24/h2-13,21,24H,1H3,(H,28,32)/t21-,24+/m1/s1. The van der Waals surface area contributed by atoms with Crippen LogP contribution in [0.25, 0.3) is 0 Å². The number of rotatable bonds is 7. The van der Waals surface area contributed by atoms with Gasteiger partial charge in [-0.1, -0.05) is 42.5 Å². The number of fused-ring (bicyclic) bond motifs is 1. The average Bonchev–Trinajstić information content (AvgIpc) is 3.15. The number of carbonyl (C=O) groups is 5. The highest BCUT2D eigenvalue weighted by molar-refractivity contribution is 6.45. The van der Waals surface area contributed by atoms with Gasteiger partial charge in [-0.05, 0) is 37.3 Å². The van der Waals surface area contributed by atoms with Gasteiger partial charge in [0.1, 0.15) is 17.8 Å². The molecule has 7 nitrogen and oxygen atoms in total. The van der Waals surface area contributed by atoms with Crippen LogP contribution in [0.15, 0.2) is 72.8 Å². The second kappa shape index (κ2) is 9.19. The molecule has 0 unspecified atom stereocenters. The van der Waals surface area contributed by atoms with Gasteiger partial charge in [0.2, 0.25) is 5.78 Å². The number of anilines is 1. The van der Waals surface area contributed by atoms with Gasteiger partial charge in [-0.3, -0.25) is 19.2 Å². The Hall–Kier alpha value is -4.46. The van der Waals surface area contributed by atoms with Crippen LogP contribution in [0.1, 0.15) is 49.7 Å². The van der Waals surface area contributed by atoms with Gasteiger partial charge in [0.15, 0.2) is 11.6 Å². The Morgan fingerprint density at radius 1 is 0.941 bits per heavy atom. The molecule has 0 bridgehead atoms. The molecule has 170 valence electrons. The zero-order valence-corrected chi connectivity index (χ0v) is 17.9. The number of ether oxygens (including phenoxy) is 1. The van der Waals surface area contributed by atoms with Crippen molar-refractivity contribution in [2.45, 2.75) is 13.0 Å². The number of benzene rings is 3. The Morgan fingerprint density at radius 3 is 2.38 bits per heavy atom. The molecule has 0 radical (unpaired) electrons. The van der Waals surface area contributed by atoms with E-state index in [1.54, 1.807) is 18.2 Å². The number of cyclic esters (lactones) is 1. The van der Waals surface area contributed by atoms with Crippen LogP contribution in [-0.4, -0.2) is 29.2 Å². The monoisotopic (exact) mass is 459 g/mol. The number of carbonyl (C=O) groups excluding carboxylic acids is 5. The Morgan fingerprint density at radius 2 is 1.65 bits per heavy atom. The van der Waals surface area contributed by atoms with Crippen LogP contribution in [0.3, 0.4) is 0 Å². The van der Waals surface area contributed by atoms with Crippen LogP contribution in [0.5, 0.6) is 0 Å². The summed E-state index contributed by atoms with van der Waals surface area (Å²) in [5.41, 5.74) is 0.464. The molecular weight excluding hydrogens is 441 g/mol. The van der Waals surface area contributed by atoms with E-state index in [0.29, 0.717) is 5.56 Å². The van der Waals surface area contributed by atoms with E-state index in [4.69, 9.17) is 4.74 Å². The Bertz CT molecular complexity index is 1350. The lowest BCUT2D eigenvalue weighted by Crippen LogP contribution is -2.38. The molecule has 0 fully saturated rings. The molecule has 1 N–H and O–H groups in total. The predicted octanol–water partition coefficient (Wildman–Crippen LogP) is 3.95. The Kier molecular flexibility index (Phi) is 6.14. The van der Waals surface area contributed by atoms with E-state index in [1.165, 1.54) is 55.5 Å². The molecule has 0 saturated carbocycles. The first-order valence-electron chi connectivity index (χ1n) is 10.3. The van der Waals surface area contributed by atoms with Gasteiger partial charge in [-0.25, -0.2) is 9.18 Å². The summed E-state index contributed by atoms with van der Waals surface area (Å²) >= 11 is 0. The summed E-state index contributed by atoms with van der Waals surface area (Å²) in [5, 5.41) is 2.37. The number of esters is 1. The maximum Gasteiger partial charge on any atom is 0.339 e. The van der Waals surface area contributed by atoms with Crippen molar-refractivity contribution >= 4 is 34.9 Å². The molecular formula is C26H18FNO6. The fourth-order valence-electron chi connectivity index (χ4n) is 3.79. The number of Topliss-reactive ketones (excluding diaryl/α,β-unsaturated/α-hetero) is 3. The van der Waals surface area contributed by atoms with E-state index in [0.717, 1.165) is 6.07 Å². The van der Waals surface area contributed by atoms with E-state index in [2.05, 4.69) is 5.32 Å². The van der Waals surface area contributed by atoms with E-state index in [-0.39, 0.29) is 22.6 Å². The van der Waals surface area contributed by atoms with Crippen molar-refractivity contribution in [3.63, 3.8) is 0 Å². The SMILES string of the molecule is CC(=O)c1cccc(NC(=O)C(=O)[C@@H](C(=O)c2ccccc2F)[C@H]2OC(=O)c3ccccc32)c1. The minimum Gasteiger partial charge on any atom is -0.453 e. The molecule has 34 heavy (non-hydrogen) atoms. The first-order chi connectivity index (χ1) is 16.3. The van der Waals surface area contributed by atoms with Gasteiger partial charge >= 0.3 is 5.97 Å². The second-order valence-corrected chi connectivity index (χ2v) is 7.69. The Balaban J connectivity index is 1.72. The molecule has 4 rings (SSSR count). The van der Waals surface area contributed by atoms with Gasteiger partial charge in [0.25, 0.3) is 5.91 Å². The number of amides is 1. The molecule has 8 heteroatoms. The van der Waals surface area contributed by atoms with Crippen molar-refractivity contribution in [2.75, 3.05) is 5.32 Å². The van der Waals surface area contributed by atoms with Crippen molar-refractivity contribution in [2.24, 2.45) is 5.92 Å². The van der Waals surface area contributed by atoms with Crippen LogP contribution in [0.2, 0.25) is 0 Å². The van der Waals surface area contributed by atoms with Crippen LogP contribution in [0, 0.1) is 11.7 Å². The lowest BCUT2D eigenvalue weighted by Gasteiger charge is -2.21. The van der Waals surface area contributed by atoms with Crippen LogP contribution in [-0.2, 0) is 14.3 Å². The second-order valence-electron chi connectivity index (χ2n) is 7.69. The minimum atomic E-state index is -1.82. The zero-order valence-electron chi connectivity index (χ0n) is 17.9. The van der Waals surface area contributed by atoms with Gasteiger partial charge in [-0.2, -0.15) is 0 Å². The summed E-state index contributed by atoms with van der Waals surface area (Å²) in [6.07, 6.45) is -1.40. The fourth-order valence-corrected chi connectivity index (χ4v) is 3.79. The van der Waals surface area contributed by atoms with Crippen LogP contribution >= 0.6 is 0 Å². The summed E-state index contributed by atoms with van der Waals surface area (Å²) in [4.78, 5) is 63.4. The van der Waals surface area contributed by atoms with Crippen molar-refractivity contribution < 1.29 is 33.1 Å². The first kappa shape index (κ1) is 22.7. The van der Waals surface area contributed by atoms with Crippen molar-refractivity contribution in [3.8, 4) is 0 Å². The number of hydrogen-bond acceptors (Lipinski definition) is 6. The Labute approximate surface area is 193 Å². The normalized spacial score (nSPS) is 15.1. The van der Waals surface area contributed by atoms with Gasteiger partial charge in [0.05, 0.1) is 11.1 Å². The number of ketones is 3. The molecule has 0 spiro atoms. The van der Waals surface area contributed by atoms with Crippen LogP contribution in [0.4, 0.5) is 10.1 Å². The molecule has 0 aromatic heterocycles. The van der Waals surface area contributed by atoms with E-state index < -0.39 is 46.8 Å². The van der Waals surface area contributed by atoms with Crippen molar-refractivity contribution in [1.29, 1.82) is 0 Å². The average molecular weight is 459 g/mol. The first-order valence-corrected chi connectivity index (χ1v) is 10.3. The smallest absolute Gasteiger partial charge is 0.339 e. The molecule has 1 aliphatic heterocycles. The fraction of sp³-hybridized carbons (Fsp3) is 0.115. The third kappa shape index (κ3) is 4.25. The molecule has 1 heterocycles. The molecule has 2 atom stereocenters. The highest BCUT2D eigenvalue weighted by Crippen LogP contribution is 2.38. The van der Waals surface area contributed by atoms with E-state index in [1.807, 2.05) is 0 Å². The quantitative estimate of drug-likeness (QED) is 0.248.